The van der Waals surface area contributed by atoms with E-state index in [1.54, 1.807) is 0 Å². The molecular weight excluding hydrogens is 436 g/mol. The first-order valence-electron chi connectivity index (χ1n) is 11.6. The second kappa shape index (κ2) is 10.3. The number of benzene rings is 2. The monoisotopic (exact) mass is 472 g/mol. The van der Waals surface area contributed by atoms with Gasteiger partial charge in [-0.25, -0.2) is 8.42 Å². The van der Waals surface area contributed by atoms with Gasteiger partial charge in [0.2, 0.25) is 10.0 Å². The number of phenolic OH excluding ortho intramolecular Hbond substituents is 2. The Hall–Kier alpha value is -2.35. The molecule has 0 aromatic heterocycles. The Bertz CT molecular complexity index is 1130. The summed E-state index contributed by atoms with van der Waals surface area (Å²) < 4.78 is 29.0. The molecule has 33 heavy (non-hydrogen) atoms. The average molecular weight is 473 g/mol. The number of hydrogen-bond donors (Lipinski definition) is 2. The van der Waals surface area contributed by atoms with Crippen LogP contribution >= 0.6 is 0 Å². The largest absolute Gasteiger partial charge is 0.507 e. The number of likely N-dealkylation sites (N-methyl/N-ethyl adjacent to an activating group) is 1. The molecule has 2 N–H and O–H groups in total. The van der Waals surface area contributed by atoms with Gasteiger partial charge in [0, 0.05) is 26.2 Å². The maximum Gasteiger partial charge on any atom is 0.247 e. The summed E-state index contributed by atoms with van der Waals surface area (Å²) in [5.74, 6) is -0.502. The Morgan fingerprint density at radius 2 is 1.76 bits per heavy atom. The van der Waals surface area contributed by atoms with Crippen molar-refractivity contribution >= 4 is 15.6 Å². The molecule has 0 spiro atoms. The summed E-state index contributed by atoms with van der Waals surface area (Å²) in [5.41, 5.74) is 3.64. The van der Waals surface area contributed by atoms with Crippen molar-refractivity contribution in [1.29, 1.82) is 0 Å². The van der Waals surface area contributed by atoms with E-state index in [2.05, 4.69) is 18.4 Å². The van der Waals surface area contributed by atoms with Crippen molar-refractivity contribution in [1.82, 2.24) is 9.21 Å². The van der Waals surface area contributed by atoms with Crippen molar-refractivity contribution in [2.75, 3.05) is 33.2 Å². The molecule has 6 nitrogen and oxygen atoms in total. The highest BCUT2D eigenvalue weighted by Gasteiger charge is 2.34. The second-order valence-corrected chi connectivity index (χ2v) is 11.0. The first-order chi connectivity index (χ1) is 15.6. The lowest BCUT2D eigenvalue weighted by molar-refractivity contribution is 0.222. The van der Waals surface area contributed by atoms with Gasteiger partial charge in [-0.3, -0.25) is 0 Å². The minimum atomic E-state index is -3.95. The van der Waals surface area contributed by atoms with Crippen molar-refractivity contribution in [2.24, 2.45) is 0 Å². The third-order valence-corrected chi connectivity index (χ3v) is 8.34. The minimum absolute atomic E-state index is 0.0786. The molecule has 0 unspecified atom stereocenters. The topological polar surface area (TPSA) is 81.1 Å². The van der Waals surface area contributed by atoms with Gasteiger partial charge in [0.15, 0.2) is 0 Å². The summed E-state index contributed by atoms with van der Waals surface area (Å²) in [6, 6.07) is 7.19. The lowest BCUT2D eigenvalue weighted by atomic mass is 9.91. The Labute approximate surface area is 198 Å². The van der Waals surface area contributed by atoms with E-state index < -0.39 is 10.0 Å². The standard InChI is InChI=1S/C26H36N2O4S/c1-6-7-8-9-20-17-23(29)24(22-16-19(4)10-11-21(22)18(2)3)25(30)26(20)33(31,32)28-14-12-27(5)13-15-28/h10-11,16-17,29-30H,2,6-9,12-15H2,1,3-5H3. The van der Waals surface area contributed by atoms with Crippen molar-refractivity contribution < 1.29 is 18.6 Å². The van der Waals surface area contributed by atoms with E-state index in [9.17, 15) is 18.6 Å². The molecule has 1 heterocycles. The van der Waals surface area contributed by atoms with Gasteiger partial charge in [-0.15, -0.1) is 0 Å². The van der Waals surface area contributed by atoms with Crippen LogP contribution in [-0.2, 0) is 16.4 Å². The second-order valence-electron chi connectivity index (χ2n) is 9.10. The Kier molecular flexibility index (Phi) is 7.88. The van der Waals surface area contributed by atoms with E-state index in [0.717, 1.165) is 36.0 Å². The van der Waals surface area contributed by atoms with Crippen LogP contribution in [0.4, 0.5) is 0 Å². The van der Waals surface area contributed by atoms with Crippen molar-refractivity contribution in [3.63, 3.8) is 0 Å². The van der Waals surface area contributed by atoms with Crippen LogP contribution in [0.25, 0.3) is 16.7 Å². The van der Waals surface area contributed by atoms with Gasteiger partial charge in [-0.05, 0) is 56.5 Å². The van der Waals surface area contributed by atoms with Crippen molar-refractivity contribution in [2.45, 2.75) is 51.3 Å². The van der Waals surface area contributed by atoms with Crippen LogP contribution in [0.3, 0.4) is 0 Å². The number of unbranched alkanes of at least 4 members (excludes halogenated alkanes) is 2. The predicted octanol–water partition coefficient (Wildman–Crippen LogP) is 4.78. The Balaban J connectivity index is 2.25. The first-order valence-corrected chi connectivity index (χ1v) is 13.0. The number of aryl methyl sites for hydroxylation is 2. The van der Waals surface area contributed by atoms with Crippen molar-refractivity contribution in [3.8, 4) is 22.6 Å². The van der Waals surface area contributed by atoms with Crippen LogP contribution in [0.5, 0.6) is 11.5 Å². The molecular formula is C26H36N2O4S. The van der Waals surface area contributed by atoms with Crippen LogP contribution in [-0.4, -0.2) is 61.1 Å². The van der Waals surface area contributed by atoms with E-state index in [0.29, 0.717) is 43.7 Å². The van der Waals surface area contributed by atoms with Crippen molar-refractivity contribution in [3.05, 3.63) is 47.5 Å². The average Bonchev–Trinajstić information content (AvgIpc) is 2.73. The molecule has 1 saturated heterocycles. The van der Waals surface area contributed by atoms with E-state index in [4.69, 9.17) is 0 Å². The summed E-state index contributed by atoms with van der Waals surface area (Å²) in [6.45, 7) is 11.9. The number of hydrogen-bond acceptors (Lipinski definition) is 5. The summed E-state index contributed by atoms with van der Waals surface area (Å²) in [4.78, 5) is 2.01. The highest BCUT2D eigenvalue weighted by Crippen LogP contribution is 2.47. The summed E-state index contributed by atoms with van der Waals surface area (Å²) in [7, 11) is -1.99. The molecule has 7 heteroatoms. The maximum absolute atomic E-state index is 13.8. The molecule has 2 aromatic carbocycles. The molecule has 0 saturated carbocycles. The fraction of sp³-hybridized carbons (Fsp3) is 0.462. The first kappa shape index (κ1) is 25.3. The number of sulfonamides is 1. The van der Waals surface area contributed by atoms with Gasteiger partial charge in [-0.1, -0.05) is 55.7 Å². The van der Waals surface area contributed by atoms with Gasteiger partial charge >= 0.3 is 0 Å². The maximum atomic E-state index is 13.8. The zero-order valence-corrected chi connectivity index (χ0v) is 21.0. The number of aromatic hydroxyl groups is 2. The molecule has 0 bridgehead atoms. The highest BCUT2D eigenvalue weighted by molar-refractivity contribution is 7.89. The lowest BCUT2D eigenvalue weighted by Gasteiger charge is -2.32. The molecule has 1 aliphatic rings. The van der Waals surface area contributed by atoms with Gasteiger partial charge in [0.1, 0.15) is 16.4 Å². The van der Waals surface area contributed by atoms with E-state index in [-0.39, 0.29) is 22.0 Å². The number of phenols is 2. The molecule has 0 aliphatic carbocycles. The molecule has 1 fully saturated rings. The highest BCUT2D eigenvalue weighted by atomic mass is 32.2. The molecule has 1 aliphatic heterocycles. The number of nitrogens with zero attached hydrogens (tertiary/aromatic N) is 2. The number of rotatable bonds is 8. The number of allylic oxidation sites excluding steroid dienone is 1. The molecule has 0 radical (unpaired) electrons. The molecule has 0 amide bonds. The zero-order valence-electron chi connectivity index (χ0n) is 20.2. The molecule has 3 rings (SSSR count). The molecule has 2 aromatic rings. The smallest absolute Gasteiger partial charge is 0.247 e. The fourth-order valence-corrected chi connectivity index (χ4v) is 6.13. The van der Waals surface area contributed by atoms with E-state index >= 15 is 0 Å². The van der Waals surface area contributed by atoms with E-state index in [1.165, 1.54) is 10.4 Å². The summed E-state index contributed by atoms with van der Waals surface area (Å²) >= 11 is 0. The predicted molar refractivity (Wildman–Crippen MR) is 134 cm³/mol. The van der Waals surface area contributed by atoms with Gasteiger partial charge in [-0.2, -0.15) is 4.31 Å². The minimum Gasteiger partial charge on any atom is -0.507 e. The summed E-state index contributed by atoms with van der Waals surface area (Å²) in [6.07, 6.45) is 3.18. The quantitative estimate of drug-likeness (QED) is 0.541. The van der Waals surface area contributed by atoms with Gasteiger partial charge in [0.05, 0.1) is 5.56 Å². The lowest BCUT2D eigenvalue weighted by Crippen LogP contribution is -2.47. The molecule has 0 atom stereocenters. The summed E-state index contributed by atoms with van der Waals surface area (Å²) in [5, 5.41) is 22.5. The van der Waals surface area contributed by atoms with E-state index in [1.807, 2.05) is 39.1 Å². The normalized spacial score (nSPS) is 15.6. The fourth-order valence-electron chi connectivity index (χ4n) is 4.39. The van der Waals surface area contributed by atoms with Crippen LogP contribution in [0.1, 0.15) is 49.8 Å². The SMILES string of the molecule is C=C(C)c1ccc(C)cc1-c1c(O)cc(CCCCC)c(S(=O)(=O)N2CCN(C)CC2)c1O. The van der Waals surface area contributed by atoms with Crippen LogP contribution in [0, 0.1) is 6.92 Å². The third-order valence-electron chi connectivity index (χ3n) is 6.32. The Morgan fingerprint density at radius 3 is 2.36 bits per heavy atom. The zero-order chi connectivity index (χ0) is 24.3. The van der Waals surface area contributed by atoms with Crippen LogP contribution in [0.15, 0.2) is 35.7 Å². The van der Waals surface area contributed by atoms with Crippen LogP contribution in [0.2, 0.25) is 0 Å². The van der Waals surface area contributed by atoms with Crippen LogP contribution < -0.4 is 0 Å². The molecule has 180 valence electrons. The third kappa shape index (κ3) is 5.26. The Morgan fingerprint density at radius 1 is 1.09 bits per heavy atom. The van der Waals surface area contributed by atoms with Gasteiger partial charge in [0.25, 0.3) is 0 Å². The van der Waals surface area contributed by atoms with Gasteiger partial charge < -0.3 is 15.1 Å². The number of piperazine rings is 1.